The quantitative estimate of drug-likeness (QED) is 0.261. The van der Waals surface area contributed by atoms with Crippen molar-refractivity contribution in [3.63, 3.8) is 0 Å². The smallest absolute Gasteiger partial charge is 0.162 e. The van der Waals surface area contributed by atoms with Crippen LogP contribution in [0, 0.1) is 6.92 Å². The highest BCUT2D eigenvalue weighted by Crippen LogP contribution is 2.34. The van der Waals surface area contributed by atoms with Crippen LogP contribution in [0.2, 0.25) is 5.02 Å². The van der Waals surface area contributed by atoms with E-state index in [4.69, 9.17) is 16.3 Å². The number of carbonyl (C=O) groups is 1. The molecule has 3 heterocycles. The van der Waals surface area contributed by atoms with Gasteiger partial charge >= 0.3 is 0 Å². The second-order valence-electron chi connectivity index (χ2n) is 9.17. The van der Waals surface area contributed by atoms with Crippen LogP contribution in [0.4, 0.5) is 0 Å². The number of rotatable bonds is 8. The van der Waals surface area contributed by atoms with Crippen LogP contribution in [0.25, 0.3) is 28.2 Å². The Bertz CT molecular complexity index is 1320. The van der Waals surface area contributed by atoms with Gasteiger partial charge in [-0.15, -0.1) is 0 Å². The molecule has 0 spiro atoms. The molecule has 0 atom stereocenters. The molecule has 2 aromatic heterocycles. The van der Waals surface area contributed by atoms with Gasteiger partial charge < -0.3 is 9.30 Å². The standard InChI is InChI=1S/C30H30ClN3O2/c1-22-14-15-32-21-29(22)34-27(12-13-28(34)24-8-10-26(31)11-9-24)23-4-6-25(7-5-23)30(35)3-2-16-33-17-19-36-20-18-33/h4-15,21H,2-3,16-20H2,1H3. The molecule has 2 aromatic carbocycles. The Labute approximate surface area is 217 Å². The molecule has 0 bridgehead atoms. The van der Waals surface area contributed by atoms with Crippen molar-refractivity contribution in [1.29, 1.82) is 0 Å². The second kappa shape index (κ2) is 11.2. The fourth-order valence-corrected chi connectivity index (χ4v) is 4.84. The Morgan fingerprint density at radius 2 is 1.56 bits per heavy atom. The molecule has 0 saturated carbocycles. The van der Waals surface area contributed by atoms with Crippen molar-refractivity contribution in [2.75, 3.05) is 32.8 Å². The molecule has 184 valence electrons. The van der Waals surface area contributed by atoms with Gasteiger partial charge in [0.05, 0.1) is 36.5 Å². The highest BCUT2D eigenvalue weighted by atomic mass is 35.5. The third kappa shape index (κ3) is 5.44. The summed E-state index contributed by atoms with van der Waals surface area (Å²) in [6.07, 6.45) is 5.13. The number of hydrogen-bond donors (Lipinski definition) is 0. The molecule has 6 heteroatoms. The molecule has 0 aliphatic carbocycles. The maximum absolute atomic E-state index is 12.8. The first kappa shape index (κ1) is 24.4. The average Bonchev–Trinajstić information content (AvgIpc) is 3.35. The van der Waals surface area contributed by atoms with Crippen LogP contribution in [0.15, 0.2) is 79.1 Å². The zero-order valence-electron chi connectivity index (χ0n) is 20.5. The SMILES string of the molecule is Cc1ccncc1-n1c(-c2ccc(Cl)cc2)ccc1-c1ccc(C(=O)CCCN2CCOCC2)cc1. The van der Waals surface area contributed by atoms with E-state index in [1.807, 2.05) is 67.0 Å². The number of nitrogens with zero attached hydrogens (tertiary/aromatic N) is 3. The number of Topliss-reactive ketones (excluding diaryl/α,β-unsaturated/α-hetero) is 1. The largest absolute Gasteiger partial charge is 0.379 e. The van der Waals surface area contributed by atoms with E-state index in [2.05, 4.69) is 33.5 Å². The monoisotopic (exact) mass is 499 g/mol. The molecule has 36 heavy (non-hydrogen) atoms. The van der Waals surface area contributed by atoms with E-state index in [1.54, 1.807) is 0 Å². The number of ketones is 1. The Morgan fingerprint density at radius 3 is 2.19 bits per heavy atom. The van der Waals surface area contributed by atoms with Gasteiger partial charge in [-0.05, 0) is 66.9 Å². The van der Waals surface area contributed by atoms with Crippen molar-refractivity contribution < 1.29 is 9.53 Å². The topological polar surface area (TPSA) is 47.4 Å². The number of carbonyl (C=O) groups excluding carboxylic acids is 1. The van der Waals surface area contributed by atoms with Crippen LogP contribution < -0.4 is 0 Å². The van der Waals surface area contributed by atoms with Gasteiger partial charge in [-0.25, -0.2) is 0 Å². The predicted octanol–water partition coefficient (Wildman–Crippen LogP) is 6.46. The lowest BCUT2D eigenvalue weighted by molar-refractivity contribution is 0.0371. The molecule has 0 unspecified atom stereocenters. The second-order valence-corrected chi connectivity index (χ2v) is 9.60. The highest BCUT2D eigenvalue weighted by molar-refractivity contribution is 6.30. The molecule has 4 aromatic rings. The molecule has 0 N–H and O–H groups in total. The van der Waals surface area contributed by atoms with Crippen LogP contribution in [-0.2, 0) is 4.74 Å². The molecule has 1 aliphatic heterocycles. The summed E-state index contributed by atoms with van der Waals surface area (Å²) in [6.45, 7) is 6.52. The third-order valence-corrected chi connectivity index (χ3v) is 7.01. The Hall–Kier alpha value is -3.25. The van der Waals surface area contributed by atoms with E-state index >= 15 is 0 Å². The van der Waals surface area contributed by atoms with Gasteiger partial charge in [-0.1, -0.05) is 48.0 Å². The predicted molar refractivity (Wildman–Crippen MR) is 145 cm³/mol. The Balaban J connectivity index is 1.39. The summed E-state index contributed by atoms with van der Waals surface area (Å²) in [7, 11) is 0. The molecule has 1 aliphatic rings. The van der Waals surface area contributed by atoms with Crippen molar-refractivity contribution in [2.24, 2.45) is 0 Å². The van der Waals surface area contributed by atoms with Gasteiger partial charge in [-0.3, -0.25) is 14.7 Å². The maximum Gasteiger partial charge on any atom is 0.162 e. The van der Waals surface area contributed by atoms with Crippen LogP contribution in [0.1, 0.15) is 28.8 Å². The molecule has 0 amide bonds. The van der Waals surface area contributed by atoms with Gasteiger partial charge in [0.2, 0.25) is 0 Å². The summed E-state index contributed by atoms with van der Waals surface area (Å²) >= 11 is 6.14. The van der Waals surface area contributed by atoms with Gasteiger partial charge in [0.25, 0.3) is 0 Å². The first-order valence-electron chi connectivity index (χ1n) is 12.4. The lowest BCUT2D eigenvalue weighted by Gasteiger charge is -2.26. The normalized spacial score (nSPS) is 14.2. The number of aromatic nitrogens is 2. The third-order valence-electron chi connectivity index (χ3n) is 6.76. The van der Waals surface area contributed by atoms with Crippen molar-refractivity contribution in [1.82, 2.24) is 14.5 Å². The van der Waals surface area contributed by atoms with Crippen molar-refractivity contribution in [2.45, 2.75) is 19.8 Å². The average molecular weight is 500 g/mol. The molecular weight excluding hydrogens is 470 g/mol. The summed E-state index contributed by atoms with van der Waals surface area (Å²) in [5.41, 5.74) is 7.12. The van der Waals surface area contributed by atoms with Crippen LogP contribution >= 0.6 is 11.6 Å². The van der Waals surface area contributed by atoms with E-state index in [0.29, 0.717) is 11.4 Å². The minimum absolute atomic E-state index is 0.190. The zero-order valence-corrected chi connectivity index (χ0v) is 21.2. The van der Waals surface area contributed by atoms with Crippen LogP contribution in [0.3, 0.4) is 0 Å². The van der Waals surface area contributed by atoms with Crippen LogP contribution in [0.5, 0.6) is 0 Å². The lowest BCUT2D eigenvalue weighted by atomic mass is 10.0. The lowest BCUT2D eigenvalue weighted by Crippen LogP contribution is -2.36. The van der Waals surface area contributed by atoms with E-state index in [-0.39, 0.29) is 5.78 Å². The molecular formula is C30H30ClN3O2. The number of benzene rings is 2. The maximum atomic E-state index is 12.8. The summed E-state index contributed by atoms with van der Waals surface area (Å²) in [5, 5.41) is 0.708. The number of aryl methyl sites for hydroxylation is 1. The number of pyridine rings is 1. The summed E-state index contributed by atoms with van der Waals surface area (Å²) in [6, 6.07) is 22.1. The van der Waals surface area contributed by atoms with Crippen molar-refractivity contribution in [3.8, 4) is 28.2 Å². The van der Waals surface area contributed by atoms with E-state index < -0.39 is 0 Å². The molecule has 1 fully saturated rings. The van der Waals surface area contributed by atoms with E-state index in [9.17, 15) is 4.79 Å². The molecule has 1 saturated heterocycles. The summed E-state index contributed by atoms with van der Waals surface area (Å²) < 4.78 is 7.63. The number of halogens is 1. The Morgan fingerprint density at radius 1 is 0.917 bits per heavy atom. The zero-order chi connectivity index (χ0) is 24.9. The summed E-state index contributed by atoms with van der Waals surface area (Å²) in [5.74, 6) is 0.190. The minimum Gasteiger partial charge on any atom is -0.379 e. The van der Waals surface area contributed by atoms with Crippen LogP contribution in [-0.4, -0.2) is 53.1 Å². The van der Waals surface area contributed by atoms with Gasteiger partial charge in [0.1, 0.15) is 0 Å². The molecule has 5 rings (SSSR count). The van der Waals surface area contributed by atoms with Gasteiger partial charge in [-0.2, -0.15) is 0 Å². The fourth-order valence-electron chi connectivity index (χ4n) is 4.72. The fraction of sp³-hybridized carbons (Fsp3) is 0.267. The number of hydrogen-bond acceptors (Lipinski definition) is 4. The van der Waals surface area contributed by atoms with E-state index in [1.165, 1.54) is 0 Å². The number of morpholine rings is 1. The van der Waals surface area contributed by atoms with Crippen molar-refractivity contribution >= 4 is 17.4 Å². The van der Waals surface area contributed by atoms with E-state index in [0.717, 1.165) is 78.6 Å². The van der Waals surface area contributed by atoms with Crippen molar-refractivity contribution in [3.05, 3.63) is 95.3 Å². The van der Waals surface area contributed by atoms with Gasteiger partial charge in [0, 0.05) is 36.3 Å². The molecule has 5 nitrogen and oxygen atoms in total. The Kier molecular flexibility index (Phi) is 7.61. The highest BCUT2D eigenvalue weighted by Gasteiger charge is 2.16. The van der Waals surface area contributed by atoms with Gasteiger partial charge in [0.15, 0.2) is 5.78 Å². The molecule has 0 radical (unpaired) electrons. The first-order valence-corrected chi connectivity index (χ1v) is 12.8. The first-order chi connectivity index (χ1) is 17.6. The minimum atomic E-state index is 0.190. The summed E-state index contributed by atoms with van der Waals surface area (Å²) in [4.78, 5) is 19.6. The number of ether oxygens (including phenoxy) is 1.